The van der Waals surface area contributed by atoms with Gasteiger partial charge in [0.25, 0.3) is 5.91 Å². The molecule has 1 fully saturated rings. The average Bonchev–Trinajstić information content (AvgIpc) is 3.24. The molecule has 0 spiro atoms. The highest BCUT2D eigenvalue weighted by Gasteiger charge is 2.22. The summed E-state index contributed by atoms with van der Waals surface area (Å²) in [5.74, 6) is 1.46. The fourth-order valence-electron chi connectivity index (χ4n) is 3.81. The molecule has 2 heterocycles. The quantitative estimate of drug-likeness (QED) is 0.692. The molecule has 30 heavy (non-hydrogen) atoms. The Balaban J connectivity index is 1.13. The topological polar surface area (TPSA) is 80.3 Å². The summed E-state index contributed by atoms with van der Waals surface area (Å²) in [5, 5.41) is 13.4. The van der Waals surface area contributed by atoms with Gasteiger partial charge in [-0.2, -0.15) is 0 Å². The van der Waals surface area contributed by atoms with Crippen LogP contribution in [0.5, 0.6) is 11.5 Å². The molecule has 0 aliphatic carbocycles. The zero-order chi connectivity index (χ0) is 20.8. The largest absolute Gasteiger partial charge is 0.454 e. The number of aliphatic hydroxyl groups is 1. The third-order valence-corrected chi connectivity index (χ3v) is 5.44. The van der Waals surface area contributed by atoms with Gasteiger partial charge in [-0.05, 0) is 42.7 Å². The Bertz CT molecular complexity index is 837. The lowest BCUT2D eigenvalue weighted by atomic mass is 10.0. The fraction of sp³-hybridized carbons (Fsp3) is 0.435. The molecule has 0 unspecified atom stereocenters. The summed E-state index contributed by atoms with van der Waals surface area (Å²) in [7, 11) is 0. The van der Waals surface area contributed by atoms with Gasteiger partial charge in [0.05, 0.1) is 19.3 Å². The lowest BCUT2D eigenvalue weighted by Crippen LogP contribution is -2.47. The van der Waals surface area contributed by atoms with E-state index in [-0.39, 0.29) is 25.3 Å². The highest BCUT2D eigenvalue weighted by molar-refractivity contribution is 5.94. The lowest BCUT2D eigenvalue weighted by molar-refractivity contribution is 0.00568. The predicted molar refractivity (Wildman–Crippen MR) is 112 cm³/mol. The SMILES string of the molecule is O=C(NC1CCN(C[C@@H](O)COCc2ccc3c(c2)OCO3)CC1)c1ccccc1. The molecule has 0 aromatic heterocycles. The maximum Gasteiger partial charge on any atom is 0.251 e. The lowest BCUT2D eigenvalue weighted by Gasteiger charge is -2.33. The number of piperidine rings is 1. The first-order valence-electron chi connectivity index (χ1n) is 10.4. The van der Waals surface area contributed by atoms with Gasteiger partial charge in [0.2, 0.25) is 6.79 Å². The monoisotopic (exact) mass is 412 g/mol. The van der Waals surface area contributed by atoms with Crippen LogP contribution in [0.25, 0.3) is 0 Å². The zero-order valence-corrected chi connectivity index (χ0v) is 17.0. The number of likely N-dealkylation sites (tertiary alicyclic amines) is 1. The number of benzene rings is 2. The molecule has 7 nitrogen and oxygen atoms in total. The Kier molecular flexibility index (Phi) is 6.84. The van der Waals surface area contributed by atoms with Gasteiger partial charge in [0, 0.05) is 31.2 Å². The van der Waals surface area contributed by atoms with Gasteiger partial charge in [0.15, 0.2) is 11.5 Å². The first-order chi connectivity index (χ1) is 14.7. The van der Waals surface area contributed by atoms with Crippen LogP contribution in [0.15, 0.2) is 48.5 Å². The highest BCUT2D eigenvalue weighted by atomic mass is 16.7. The van der Waals surface area contributed by atoms with Gasteiger partial charge < -0.3 is 29.5 Å². The highest BCUT2D eigenvalue weighted by Crippen LogP contribution is 2.32. The normalized spacial score (nSPS) is 17.6. The second-order valence-electron chi connectivity index (χ2n) is 7.77. The van der Waals surface area contributed by atoms with Crippen molar-refractivity contribution in [2.45, 2.75) is 31.6 Å². The molecule has 7 heteroatoms. The molecule has 2 N–H and O–H groups in total. The maximum atomic E-state index is 12.3. The Morgan fingerprint density at radius 1 is 1.13 bits per heavy atom. The molecule has 2 aromatic rings. The summed E-state index contributed by atoms with van der Waals surface area (Å²) >= 11 is 0. The zero-order valence-electron chi connectivity index (χ0n) is 17.0. The number of fused-ring (bicyclic) bond motifs is 1. The Morgan fingerprint density at radius 3 is 2.70 bits per heavy atom. The molecule has 4 rings (SSSR count). The third-order valence-electron chi connectivity index (χ3n) is 5.44. The number of hydrogen-bond acceptors (Lipinski definition) is 6. The first-order valence-corrected chi connectivity index (χ1v) is 10.4. The predicted octanol–water partition coefficient (Wildman–Crippen LogP) is 2.19. The second-order valence-corrected chi connectivity index (χ2v) is 7.77. The molecule has 1 saturated heterocycles. The fourth-order valence-corrected chi connectivity index (χ4v) is 3.81. The number of nitrogens with zero attached hydrogens (tertiary/aromatic N) is 1. The third kappa shape index (κ3) is 5.50. The standard InChI is InChI=1S/C23H28N2O5/c26-20(15-28-14-17-6-7-21-22(12-17)30-16-29-21)13-25-10-8-19(9-11-25)24-23(27)18-4-2-1-3-5-18/h1-7,12,19-20,26H,8-11,13-16H2,(H,24,27)/t20-/m1/s1. The molecule has 160 valence electrons. The van der Waals surface area contributed by atoms with Crippen molar-refractivity contribution >= 4 is 5.91 Å². The van der Waals surface area contributed by atoms with Gasteiger partial charge in [-0.3, -0.25) is 4.79 Å². The van der Waals surface area contributed by atoms with Gasteiger partial charge in [-0.15, -0.1) is 0 Å². The van der Waals surface area contributed by atoms with Crippen molar-refractivity contribution in [3.8, 4) is 11.5 Å². The van der Waals surface area contributed by atoms with Crippen molar-refractivity contribution < 1.29 is 24.1 Å². The summed E-state index contributed by atoms with van der Waals surface area (Å²) in [6.45, 7) is 3.21. The van der Waals surface area contributed by atoms with Crippen LogP contribution < -0.4 is 14.8 Å². The van der Waals surface area contributed by atoms with E-state index in [1.54, 1.807) is 0 Å². The number of β-amino-alcohol motifs (C(OH)–C–C–N with tert-alkyl or cyclic N) is 1. The van der Waals surface area contributed by atoms with Crippen LogP contribution in [-0.4, -0.2) is 61.1 Å². The van der Waals surface area contributed by atoms with E-state index in [1.165, 1.54) is 0 Å². The number of rotatable bonds is 8. The van der Waals surface area contributed by atoms with E-state index in [9.17, 15) is 9.90 Å². The number of aliphatic hydroxyl groups excluding tert-OH is 1. The molecule has 0 bridgehead atoms. The van der Waals surface area contributed by atoms with Crippen molar-refractivity contribution in [3.63, 3.8) is 0 Å². The molecular weight excluding hydrogens is 384 g/mol. The van der Waals surface area contributed by atoms with Crippen molar-refractivity contribution in [2.24, 2.45) is 0 Å². The van der Waals surface area contributed by atoms with Crippen molar-refractivity contribution in [1.82, 2.24) is 10.2 Å². The molecule has 0 saturated carbocycles. The van der Waals surface area contributed by atoms with Crippen LogP contribution in [0.3, 0.4) is 0 Å². The smallest absolute Gasteiger partial charge is 0.251 e. The number of carbonyl (C=O) groups excluding carboxylic acids is 1. The van der Waals surface area contributed by atoms with Crippen LogP contribution >= 0.6 is 0 Å². The molecule has 2 aliphatic rings. The van der Waals surface area contributed by atoms with Crippen LogP contribution in [0.2, 0.25) is 0 Å². The number of ether oxygens (including phenoxy) is 3. The minimum absolute atomic E-state index is 0.0222. The van der Waals surface area contributed by atoms with E-state index >= 15 is 0 Å². The van der Waals surface area contributed by atoms with E-state index in [2.05, 4.69) is 10.2 Å². The minimum Gasteiger partial charge on any atom is -0.454 e. The summed E-state index contributed by atoms with van der Waals surface area (Å²) in [5.41, 5.74) is 1.68. The summed E-state index contributed by atoms with van der Waals surface area (Å²) < 4.78 is 16.3. The summed E-state index contributed by atoms with van der Waals surface area (Å²) in [6.07, 6.45) is 1.21. The Labute approximate surface area is 176 Å². The van der Waals surface area contributed by atoms with Crippen LogP contribution in [0.1, 0.15) is 28.8 Å². The van der Waals surface area contributed by atoms with E-state index in [4.69, 9.17) is 14.2 Å². The van der Waals surface area contributed by atoms with Crippen molar-refractivity contribution in [1.29, 1.82) is 0 Å². The molecule has 1 atom stereocenters. The number of hydrogen-bond donors (Lipinski definition) is 2. The molecular formula is C23H28N2O5. The molecule has 2 aromatic carbocycles. The van der Waals surface area contributed by atoms with Crippen LogP contribution in [0, 0.1) is 0 Å². The number of amides is 1. The van der Waals surface area contributed by atoms with E-state index in [0.29, 0.717) is 18.7 Å². The Morgan fingerprint density at radius 2 is 1.90 bits per heavy atom. The first kappa shape index (κ1) is 20.7. The van der Waals surface area contributed by atoms with Crippen molar-refractivity contribution in [2.75, 3.05) is 33.0 Å². The van der Waals surface area contributed by atoms with E-state index in [0.717, 1.165) is 43.0 Å². The van der Waals surface area contributed by atoms with Gasteiger partial charge in [-0.25, -0.2) is 0 Å². The second kappa shape index (κ2) is 9.93. The number of nitrogens with one attached hydrogen (secondary N) is 1. The van der Waals surface area contributed by atoms with Gasteiger partial charge in [0.1, 0.15) is 0 Å². The van der Waals surface area contributed by atoms with Crippen LogP contribution in [0.4, 0.5) is 0 Å². The average molecular weight is 412 g/mol. The van der Waals surface area contributed by atoms with Crippen molar-refractivity contribution in [3.05, 3.63) is 59.7 Å². The summed E-state index contributed by atoms with van der Waals surface area (Å²) in [6, 6.07) is 15.2. The molecule has 0 radical (unpaired) electrons. The Hall–Kier alpha value is -2.61. The van der Waals surface area contributed by atoms with Crippen LogP contribution in [-0.2, 0) is 11.3 Å². The molecule has 1 amide bonds. The van der Waals surface area contributed by atoms with Gasteiger partial charge >= 0.3 is 0 Å². The van der Waals surface area contributed by atoms with E-state index in [1.807, 2.05) is 48.5 Å². The van der Waals surface area contributed by atoms with Gasteiger partial charge in [-0.1, -0.05) is 24.3 Å². The minimum atomic E-state index is -0.547. The maximum absolute atomic E-state index is 12.3. The van der Waals surface area contributed by atoms with E-state index < -0.39 is 6.10 Å². The molecule has 2 aliphatic heterocycles. The summed E-state index contributed by atoms with van der Waals surface area (Å²) in [4.78, 5) is 14.5. The number of carbonyl (C=O) groups is 1.